The van der Waals surface area contributed by atoms with Gasteiger partial charge in [-0.25, -0.2) is 4.39 Å². The first-order chi connectivity index (χ1) is 11.4. The first-order valence-electron chi connectivity index (χ1n) is 7.53. The maximum atomic E-state index is 13.8. The number of nitrogens with zero attached hydrogens (tertiary/aromatic N) is 1. The second kappa shape index (κ2) is 6.63. The van der Waals surface area contributed by atoms with Crippen LogP contribution < -0.4 is 4.74 Å². The highest BCUT2D eigenvalue weighted by Crippen LogP contribution is 2.32. The summed E-state index contributed by atoms with van der Waals surface area (Å²) in [7, 11) is 0. The van der Waals surface area contributed by atoms with E-state index in [4.69, 9.17) is 0 Å². The Morgan fingerprint density at radius 1 is 1.04 bits per heavy atom. The Labute approximate surface area is 136 Å². The van der Waals surface area contributed by atoms with Crippen LogP contribution in [0, 0.1) is 5.82 Å². The van der Waals surface area contributed by atoms with Gasteiger partial charge in [-0.15, -0.1) is 0 Å². The Hall–Kier alpha value is -2.37. The van der Waals surface area contributed by atoms with E-state index in [1.165, 1.54) is 18.2 Å². The van der Waals surface area contributed by atoms with Gasteiger partial charge in [0.1, 0.15) is 11.6 Å². The van der Waals surface area contributed by atoms with Crippen molar-refractivity contribution >= 4 is 5.71 Å². The van der Waals surface area contributed by atoms with Crippen LogP contribution in [0.4, 0.5) is 17.6 Å². The Morgan fingerprint density at radius 2 is 1.75 bits per heavy atom. The SMILES string of the molecule is Fc1ccccc1C1=NC(c2ccc(OCC(F)(F)F)cc2)CC1. The van der Waals surface area contributed by atoms with Crippen LogP contribution in [0.2, 0.25) is 0 Å². The fourth-order valence-electron chi connectivity index (χ4n) is 2.68. The third-order valence-electron chi connectivity index (χ3n) is 3.82. The van der Waals surface area contributed by atoms with Crippen molar-refractivity contribution in [1.82, 2.24) is 0 Å². The number of alkyl halides is 3. The fourth-order valence-corrected chi connectivity index (χ4v) is 2.68. The summed E-state index contributed by atoms with van der Waals surface area (Å²) >= 11 is 0. The summed E-state index contributed by atoms with van der Waals surface area (Å²) in [6.07, 6.45) is -2.95. The Bertz CT molecular complexity index is 737. The molecule has 1 aliphatic rings. The number of rotatable bonds is 4. The van der Waals surface area contributed by atoms with E-state index in [0.29, 0.717) is 12.0 Å². The van der Waals surface area contributed by atoms with Crippen molar-refractivity contribution in [3.8, 4) is 5.75 Å². The van der Waals surface area contributed by atoms with Crippen molar-refractivity contribution in [2.45, 2.75) is 25.1 Å². The van der Waals surface area contributed by atoms with Crippen molar-refractivity contribution in [2.75, 3.05) is 6.61 Å². The van der Waals surface area contributed by atoms with Crippen LogP contribution in [-0.2, 0) is 0 Å². The molecule has 0 saturated heterocycles. The first-order valence-corrected chi connectivity index (χ1v) is 7.53. The van der Waals surface area contributed by atoms with Gasteiger partial charge >= 0.3 is 6.18 Å². The highest BCUT2D eigenvalue weighted by atomic mass is 19.4. The zero-order valence-electron chi connectivity index (χ0n) is 12.7. The third kappa shape index (κ3) is 3.93. The number of ether oxygens (including phenoxy) is 1. The molecule has 2 aromatic rings. The van der Waals surface area contributed by atoms with Crippen molar-refractivity contribution in [1.29, 1.82) is 0 Å². The van der Waals surface area contributed by atoms with Gasteiger partial charge in [0.15, 0.2) is 6.61 Å². The minimum atomic E-state index is -4.36. The van der Waals surface area contributed by atoms with Crippen LogP contribution in [0.3, 0.4) is 0 Å². The third-order valence-corrected chi connectivity index (χ3v) is 3.82. The highest BCUT2D eigenvalue weighted by Gasteiger charge is 2.28. The highest BCUT2D eigenvalue weighted by molar-refractivity contribution is 6.02. The molecule has 0 bridgehead atoms. The van der Waals surface area contributed by atoms with Crippen LogP contribution in [0.1, 0.15) is 30.0 Å². The molecule has 3 rings (SSSR count). The van der Waals surface area contributed by atoms with Crippen molar-refractivity contribution in [2.24, 2.45) is 4.99 Å². The number of halogens is 4. The fraction of sp³-hybridized carbons (Fsp3) is 0.278. The predicted molar refractivity (Wildman–Crippen MR) is 82.9 cm³/mol. The molecule has 0 N–H and O–H groups in total. The zero-order valence-corrected chi connectivity index (χ0v) is 12.7. The van der Waals surface area contributed by atoms with Crippen molar-refractivity contribution < 1.29 is 22.3 Å². The van der Waals surface area contributed by atoms with E-state index in [1.807, 2.05) is 0 Å². The average molecular weight is 337 g/mol. The maximum absolute atomic E-state index is 13.8. The molecule has 1 aliphatic heterocycles. The molecule has 6 heteroatoms. The van der Waals surface area contributed by atoms with E-state index in [9.17, 15) is 17.6 Å². The van der Waals surface area contributed by atoms with Crippen LogP contribution in [0.25, 0.3) is 0 Å². The van der Waals surface area contributed by atoms with Gasteiger partial charge in [-0.3, -0.25) is 4.99 Å². The predicted octanol–water partition coefficient (Wildman–Crippen LogP) is 5.09. The van der Waals surface area contributed by atoms with Gasteiger partial charge in [0.05, 0.1) is 6.04 Å². The normalized spacial score (nSPS) is 17.7. The van der Waals surface area contributed by atoms with Gasteiger partial charge in [0.25, 0.3) is 0 Å². The number of hydrogen-bond acceptors (Lipinski definition) is 2. The van der Waals surface area contributed by atoms with Gasteiger partial charge in [-0.1, -0.05) is 30.3 Å². The zero-order chi connectivity index (χ0) is 17.2. The molecular weight excluding hydrogens is 322 g/mol. The van der Waals surface area contributed by atoms with E-state index in [0.717, 1.165) is 17.7 Å². The molecule has 0 aromatic heterocycles. The maximum Gasteiger partial charge on any atom is 0.422 e. The lowest BCUT2D eigenvalue weighted by Crippen LogP contribution is -2.19. The summed E-state index contributed by atoms with van der Waals surface area (Å²) in [5.41, 5.74) is 2.10. The standard InChI is InChI=1S/C18H15F4NO/c19-15-4-2-1-3-14(15)17-10-9-16(23-17)12-5-7-13(8-6-12)24-11-18(20,21)22/h1-8,16H,9-11H2. The van der Waals surface area contributed by atoms with Gasteiger partial charge in [0.2, 0.25) is 0 Å². The van der Waals surface area contributed by atoms with E-state index < -0.39 is 12.8 Å². The minimum Gasteiger partial charge on any atom is -0.484 e. The topological polar surface area (TPSA) is 21.6 Å². The molecule has 2 aromatic carbocycles. The second-order valence-corrected chi connectivity index (χ2v) is 5.58. The van der Waals surface area contributed by atoms with Gasteiger partial charge < -0.3 is 4.74 Å². The summed E-state index contributed by atoms with van der Waals surface area (Å²) in [6.45, 7) is -1.31. The number of aliphatic imine (C=N–C) groups is 1. The van der Waals surface area contributed by atoms with E-state index in [1.54, 1.807) is 30.3 Å². The lowest BCUT2D eigenvalue weighted by atomic mass is 10.0. The molecule has 1 atom stereocenters. The molecule has 1 unspecified atom stereocenters. The molecule has 0 aliphatic carbocycles. The molecule has 24 heavy (non-hydrogen) atoms. The van der Waals surface area contributed by atoms with Crippen LogP contribution in [0.5, 0.6) is 5.75 Å². The van der Waals surface area contributed by atoms with Crippen LogP contribution in [0.15, 0.2) is 53.5 Å². The largest absolute Gasteiger partial charge is 0.484 e. The molecule has 2 nitrogen and oxygen atoms in total. The summed E-state index contributed by atoms with van der Waals surface area (Å²) < 4.78 is 54.9. The molecule has 0 saturated carbocycles. The molecule has 0 fully saturated rings. The monoisotopic (exact) mass is 337 g/mol. The van der Waals surface area contributed by atoms with Gasteiger partial charge in [-0.05, 0) is 36.6 Å². The van der Waals surface area contributed by atoms with E-state index >= 15 is 0 Å². The number of hydrogen-bond donors (Lipinski definition) is 0. The average Bonchev–Trinajstić information content (AvgIpc) is 3.03. The van der Waals surface area contributed by atoms with Crippen molar-refractivity contribution in [3.63, 3.8) is 0 Å². The first kappa shape index (κ1) is 16.5. The van der Waals surface area contributed by atoms with Gasteiger partial charge in [-0.2, -0.15) is 13.2 Å². The number of benzene rings is 2. The molecule has 0 spiro atoms. The summed E-state index contributed by atoms with van der Waals surface area (Å²) in [5, 5.41) is 0. The molecule has 0 amide bonds. The minimum absolute atomic E-state index is 0.115. The molecular formula is C18H15F4NO. The molecule has 1 heterocycles. The summed E-state index contributed by atoms with van der Waals surface area (Å²) in [6, 6.07) is 12.8. The lowest BCUT2D eigenvalue weighted by molar-refractivity contribution is -0.153. The second-order valence-electron chi connectivity index (χ2n) is 5.58. The Morgan fingerprint density at radius 3 is 2.42 bits per heavy atom. The Balaban J connectivity index is 1.71. The van der Waals surface area contributed by atoms with Crippen LogP contribution >= 0.6 is 0 Å². The van der Waals surface area contributed by atoms with Crippen molar-refractivity contribution in [3.05, 3.63) is 65.5 Å². The quantitative estimate of drug-likeness (QED) is 0.712. The Kier molecular flexibility index (Phi) is 4.55. The van der Waals surface area contributed by atoms with Gasteiger partial charge in [0, 0.05) is 11.3 Å². The van der Waals surface area contributed by atoms with E-state index in [-0.39, 0.29) is 17.6 Å². The summed E-state index contributed by atoms with van der Waals surface area (Å²) in [5.74, 6) is -0.139. The van der Waals surface area contributed by atoms with E-state index in [2.05, 4.69) is 9.73 Å². The molecule has 126 valence electrons. The summed E-state index contributed by atoms with van der Waals surface area (Å²) in [4.78, 5) is 4.56. The lowest BCUT2D eigenvalue weighted by Gasteiger charge is -2.11. The molecule has 0 radical (unpaired) electrons. The smallest absolute Gasteiger partial charge is 0.422 e. The van der Waals surface area contributed by atoms with Crippen LogP contribution in [-0.4, -0.2) is 18.5 Å².